The molecule has 4 nitrogen and oxygen atoms in total. The first-order chi connectivity index (χ1) is 12.3. The highest BCUT2D eigenvalue weighted by Gasteiger charge is 2.15. The van der Waals surface area contributed by atoms with E-state index in [9.17, 15) is 0 Å². The van der Waals surface area contributed by atoms with Gasteiger partial charge in [-0.25, -0.2) is 4.52 Å². The molecule has 5 heteroatoms. The Bertz CT molecular complexity index is 925. The highest BCUT2D eigenvalue weighted by molar-refractivity contribution is 6.28. The van der Waals surface area contributed by atoms with Crippen LogP contribution in [0.4, 0.5) is 5.82 Å². The fourth-order valence-electron chi connectivity index (χ4n) is 2.94. The lowest BCUT2D eigenvalue weighted by Gasteiger charge is -2.25. The number of anilines is 1. The summed E-state index contributed by atoms with van der Waals surface area (Å²) in [4.78, 5) is 6.76. The van der Waals surface area contributed by atoms with Crippen LogP contribution in [0.25, 0.3) is 5.52 Å². The van der Waals surface area contributed by atoms with E-state index >= 15 is 0 Å². The summed E-state index contributed by atoms with van der Waals surface area (Å²) in [6.07, 6.45) is 1.88. The van der Waals surface area contributed by atoms with Crippen LogP contribution in [0.1, 0.15) is 11.1 Å². The average molecular weight is 349 g/mol. The maximum atomic E-state index is 6.16. The van der Waals surface area contributed by atoms with Crippen LogP contribution in [-0.4, -0.2) is 14.6 Å². The van der Waals surface area contributed by atoms with Crippen molar-refractivity contribution in [3.05, 3.63) is 95.4 Å². The molecule has 2 aromatic carbocycles. The summed E-state index contributed by atoms with van der Waals surface area (Å²) in [6, 6.07) is 24.7. The van der Waals surface area contributed by atoms with Crippen LogP contribution in [0.15, 0.2) is 79.0 Å². The molecule has 0 atom stereocenters. The maximum absolute atomic E-state index is 6.16. The Hall–Kier alpha value is -2.85. The molecule has 0 spiro atoms. The molecule has 0 amide bonds. The third-order valence-corrected chi connectivity index (χ3v) is 4.24. The summed E-state index contributed by atoms with van der Waals surface area (Å²) in [7, 11) is 0. The Labute approximate surface area is 151 Å². The minimum absolute atomic E-state index is 0.241. The van der Waals surface area contributed by atoms with Crippen molar-refractivity contribution < 1.29 is 0 Å². The summed E-state index contributed by atoms with van der Waals surface area (Å²) in [5.41, 5.74) is 3.38. The molecule has 0 aliphatic heterocycles. The molecule has 124 valence electrons. The van der Waals surface area contributed by atoms with E-state index < -0.39 is 0 Å². The highest BCUT2D eigenvalue weighted by atomic mass is 35.5. The van der Waals surface area contributed by atoms with Gasteiger partial charge < -0.3 is 4.90 Å². The molecular formula is C20H17ClN4. The van der Waals surface area contributed by atoms with Gasteiger partial charge in [0.05, 0.1) is 0 Å². The normalized spacial score (nSPS) is 10.9. The van der Waals surface area contributed by atoms with Crippen LogP contribution in [0.3, 0.4) is 0 Å². The maximum Gasteiger partial charge on any atom is 0.243 e. The topological polar surface area (TPSA) is 33.4 Å². The predicted octanol–water partition coefficient (Wildman–Crippen LogP) is 4.59. The van der Waals surface area contributed by atoms with Crippen molar-refractivity contribution in [1.82, 2.24) is 14.6 Å². The zero-order valence-corrected chi connectivity index (χ0v) is 14.3. The number of rotatable bonds is 5. The average Bonchev–Trinajstić information content (AvgIpc) is 3.10. The minimum Gasteiger partial charge on any atom is -0.346 e. The van der Waals surface area contributed by atoms with Gasteiger partial charge in [0.15, 0.2) is 5.82 Å². The summed E-state index contributed by atoms with van der Waals surface area (Å²) in [6.45, 7) is 1.48. The van der Waals surface area contributed by atoms with Gasteiger partial charge in [-0.05, 0) is 34.9 Å². The van der Waals surface area contributed by atoms with Gasteiger partial charge in [0.2, 0.25) is 5.28 Å². The number of aromatic nitrogens is 3. The lowest BCUT2D eigenvalue weighted by molar-refractivity contribution is 0.771. The largest absolute Gasteiger partial charge is 0.346 e. The number of halogens is 1. The first kappa shape index (κ1) is 15.7. The Kier molecular flexibility index (Phi) is 4.36. The number of fused-ring (bicyclic) bond motifs is 1. The van der Waals surface area contributed by atoms with Crippen LogP contribution >= 0.6 is 11.6 Å². The zero-order chi connectivity index (χ0) is 17.1. The fraction of sp³-hybridized carbons (Fsp3) is 0.100. The van der Waals surface area contributed by atoms with Crippen molar-refractivity contribution in [2.75, 3.05) is 4.90 Å². The lowest BCUT2D eigenvalue weighted by Crippen LogP contribution is -2.24. The Morgan fingerprint density at radius 3 is 2.00 bits per heavy atom. The lowest BCUT2D eigenvalue weighted by atomic mass is 10.1. The summed E-state index contributed by atoms with van der Waals surface area (Å²) >= 11 is 6.16. The molecule has 0 unspecified atom stereocenters. The van der Waals surface area contributed by atoms with Gasteiger partial charge in [-0.2, -0.15) is 4.98 Å². The van der Waals surface area contributed by atoms with E-state index in [4.69, 9.17) is 11.6 Å². The molecule has 0 saturated carbocycles. The fourth-order valence-corrected chi connectivity index (χ4v) is 3.10. The second kappa shape index (κ2) is 6.95. The van der Waals surface area contributed by atoms with Crippen molar-refractivity contribution in [1.29, 1.82) is 0 Å². The van der Waals surface area contributed by atoms with Gasteiger partial charge >= 0.3 is 0 Å². The van der Waals surface area contributed by atoms with Crippen LogP contribution in [-0.2, 0) is 13.1 Å². The standard InChI is InChI=1S/C20H17ClN4/c21-20-22-19(18-12-7-13-25(18)23-20)24(14-16-8-3-1-4-9-16)15-17-10-5-2-6-11-17/h1-13H,14-15H2. The molecule has 2 heterocycles. The number of benzene rings is 2. The Morgan fingerprint density at radius 1 is 0.800 bits per heavy atom. The van der Waals surface area contributed by atoms with Crippen molar-refractivity contribution in [2.24, 2.45) is 0 Å². The van der Waals surface area contributed by atoms with E-state index in [0.717, 1.165) is 24.4 Å². The first-order valence-electron chi connectivity index (χ1n) is 8.13. The molecule has 0 saturated heterocycles. The predicted molar refractivity (Wildman–Crippen MR) is 101 cm³/mol. The van der Waals surface area contributed by atoms with Gasteiger partial charge in [-0.3, -0.25) is 0 Å². The molecule has 25 heavy (non-hydrogen) atoms. The summed E-state index contributed by atoms with van der Waals surface area (Å²) in [5.74, 6) is 0.831. The SMILES string of the molecule is Clc1nc(N(Cc2ccccc2)Cc2ccccc2)c2cccn2n1. The summed E-state index contributed by atoms with van der Waals surface area (Å²) < 4.78 is 1.77. The third kappa shape index (κ3) is 3.49. The second-order valence-electron chi connectivity index (χ2n) is 5.87. The first-order valence-corrected chi connectivity index (χ1v) is 8.51. The van der Waals surface area contributed by atoms with Crippen LogP contribution in [0, 0.1) is 0 Å². The monoisotopic (exact) mass is 348 g/mol. The second-order valence-corrected chi connectivity index (χ2v) is 6.21. The van der Waals surface area contributed by atoms with Crippen molar-refractivity contribution in [2.45, 2.75) is 13.1 Å². The molecule has 0 aliphatic carbocycles. The third-order valence-electron chi connectivity index (χ3n) is 4.08. The van der Waals surface area contributed by atoms with Gasteiger partial charge in [-0.15, -0.1) is 5.10 Å². The smallest absolute Gasteiger partial charge is 0.243 e. The Balaban J connectivity index is 1.77. The summed E-state index contributed by atoms with van der Waals surface area (Å²) in [5, 5.41) is 4.48. The van der Waals surface area contributed by atoms with Gasteiger partial charge in [0, 0.05) is 19.3 Å². The van der Waals surface area contributed by atoms with Crippen molar-refractivity contribution in [3.8, 4) is 0 Å². The number of nitrogens with zero attached hydrogens (tertiary/aromatic N) is 4. The molecule has 0 fully saturated rings. The van der Waals surface area contributed by atoms with Gasteiger partial charge in [0.25, 0.3) is 0 Å². The van der Waals surface area contributed by atoms with Crippen LogP contribution < -0.4 is 4.90 Å². The van der Waals surface area contributed by atoms with Gasteiger partial charge in [0.1, 0.15) is 5.52 Å². The molecule has 4 rings (SSSR count). The van der Waals surface area contributed by atoms with Crippen molar-refractivity contribution >= 4 is 22.9 Å². The van der Waals surface area contributed by atoms with E-state index in [0.29, 0.717) is 0 Å². The zero-order valence-electron chi connectivity index (χ0n) is 13.6. The van der Waals surface area contributed by atoms with E-state index in [2.05, 4.69) is 63.5 Å². The number of hydrogen-bond donors (Lipinski definition) is 0. The molecule has 4 aromatic rings. The molecular weight excluding hydrogens is 332 g/mol. The number of hydrogen-bond acceptors (Lipinski definition) is 3. The van der Waals surface area contributed by atoms with E-state index in [1.54, 1.807) is 4.52 Å². The highest BCUT2D eigenvalue weighted by Crippen LogP contribution is 2.24. The van der Waals surface area contributed by atoms with Gasteiger partial charge in [-0.1, -0.05) is 60.7 Å². The molecule has 2 aromatic heterocycles. The van der Waals surface area contributed by atoms with Crippen LogP contribution in [0.2, 0.25) is 5.28 Å². The quantitative estimate of drug-likeness (QED) is 0.529. The molecule has 0 radical (unpaired) electrons. The van der Waals surface area contributed by atoms with E-state index in [1.807, 2.05) is 30.5 Å². The Morgan fingerprint density at radius 2 is 1.40 bits per heavy atom. The molecule has 0 N–H and O–H groups in total. The van der Waals surface area contributed by atoms with Crippen molar-refractivity contribution in [3.63, 3.8) is 0 Å². The minimum atomic E-state index is 0.241. The van der Waals surface area contributed by atoms with Crippen LogP contribution in [0.5, 0.6) is 0 Å². The molecule has 0 bridgehead atoms. The van der Waals surface area contributed by atoms with E-state index in [1.165, 1.54) is 11.1 Å². The van der Waals surface area contributed by atoms with E-state index in [-0.39, 0.29) is 5.28 Å². The molecule has 0 aliphatic rings.